The minimum absolute atomic E-state index is 0.140. The Kier molecular flexibility index (Phi) is 4.95. The van der Waals surface area contributed by atoms with E-state index in [1.165, 1.54) is 13.8 Å². The van der Waals surface area contributed by atoms with Crippen molar-refractivity contribution in [2.75, 3.05) is 5.32 Å². The van der Waals surface area contributed by atoms with E-state index in [4.69, 9.17) is 0 Å². The fraction of sp³-hybridized carbons (Fsp3) is 0.200. The Hall–Kier alpha value is -2.48. The number of hydrogen-bond donors (Lipinski definition) is 1. The molecule has 0 saturated heterocycles. The normalized spacial score (nSPS) is 11.8. The zero-order valence-corrected chi connectivity index (χ0v) is 14.0. The molecule has 2 rings (SSSR count). The number of pyridine rings is 1. The monoisotopic (exact) mass is 379 g/mol. The maximum atomic E-state index is 12.3. The number of benzene rings is 1. The van der Waals surface area contributed by atoms with Crippen molar-refractivity contribution in [2.45, 2.75) is 19.9 Å². The Labute approximate surface area is 140 Å². The molecule has 120 valence electrons. The average Bonchev–Trinajstić information content (AvgIpc) is 2.49. The number of nitrogens with zero attached hydrogens (tertiary/aromatic N) is 2. The maximum Gasteiger partial charge on any atom is 0.288 e. The molecule has 0 saturated carbocycles. The predicted octanol–water partition coefficient (Wildman–Crippen LogP) is 3.03. The summed E-state index contributed by atoms with van der Waals surface area (Å²) < 4.78 is 1.99. The number of anilines is 1. The van der Waals surface area contributed by atoms with Crippen molar-refractivity contribution in [2.24, 2.45) is 0 Å². The Balaban J connectivity index is 2.32. The number of halogens is 1. The summed E-state index contributed by atoms with van der Waals surface area (Å²) in [5.41, 5.74) is 0.0431. The first-order valence-electron chi connectivity index (χ1n) is 6.74. The molecule has 1 amide bonds. The minimum Gasteiger partial charge on any atom is -0.324 e. The van der Waals surface area contributed by atoms with E-state index in [1.54, 1.807) is 24.3 Å². The number of rotatable bonds is 4. The molecule has 1 aromatic heterocycles. The van der Waals surface area contributed by atoms with Gasteiger partial charge in [-0.3, -0.25) is 24.3 Å². The fourth-order valence-corrected chi connectivity index (χ4v) is 2.48. The van der Waals surface area contributed by atoms with Gasteiger partial charge in [0.25, 0.3) is 11.2 Å². The molecule has 1 atom stereocenters. The van der Waals surface area contributed by atoms with Crippen LogP contribution in [0.5, 0.6) is 0 Å². The highest BCUT2D eigenvalue weighted by atomic mass is 79.9. The molecule has 0 aliphatic heterocycles. The second kappa shape index (κ2) is 6.74. The van der Waals surface area contributed by atoms with E-state index in [2.05, 4.69) is 21.2 Å². The van der Waals surface area contributed by atoms with Gasteiger partial charge in [-0.25, -0.2) is 0 Å². The molecule has 0 aliphatic rings. The number of hydrogen-bond acceptors (Lipinski definition) is 4. The predicted molar refractivity (Wildman–Crippen MR) is 89.6 cm³/mol. The standard InChI is InChI=1S/C15H14BrN3O4/c1-9-13(19(22)23)7-8-14(20)18(9)10(2)15(21)17-12-5-3-11(16)4-6-12/h3-8,10H,1-2H3,(H,17,21). The Morgan fingerprint density at radius 1 is 1.26 bits per heavy atom. The van der Waals surface area contributed by atoms with Gasteiger partial charge in [-0.1, -0.05) is 15.9 Å². The molecular formula is C15H14BrN3O4. The van der Waals surface area contributed by atoms with Crippen molar-refractivity contribution in [3.05, 3.63) is 67.0 Å². The van der Waals surface area contributed by atoms with Gasteiger partial charge < -0.3 is 5.32 Å². The second-order valence-electron chi connectivity index (χ2n) is 4.94. The lowest BCUT2D eigenvalue weighted by Crippen LogP contribution is -2.33. The SMILES string of the molecule is Cc1c([N+](=O)[O-])ccc(=O)n1C(C)C(=O)Nc1ccc(Br)cc1. The molecular weight excluding hydrogens is 366 g/mol. The van der Waals surface area contributed by atoms with Gasteiger partial charge in [0, 0.05) is 22.3 Å². The molecule has 2 aromatic rings. The van der Waals surface area contributed by atoms with Crippen LogP contribution in [-0.2, 0) is 4.79 Å². The number of nitro groups is 1. The van der Waals surface area contributed by atoms with Gasteiger partial charge in [0.2, 0.25) is 5.91 Å². The molecule has 23 heavy (non-hydrogen) atoms. The molecule has 1 N–H and O–H groups in total. The van der Waals surface area contributed by atoms with Crippen LogP contribution in [-0.4, -0.2) is 15.4 Å². The molecule has 0 spiro atoms. The third kappa shape index (κ3) is 3.65. The van der Waals surface area contributed by atoms with E-state index >= 15 is 0 Å². The summed E-state index contributed by atoms with van der Waals surface area (Å²) in [6.45, 7) is 2.97. The first-order valence-corrected chi connectivity index (χ1v) is 7.53. The van der Waals surface area contributed by atoms with Crippen LogP contribution in [0.2, 0.25) is 0 Å². The fourth-order valence-electron chi connectivity index (χ4n) is 2.21. The van der Waals surface area contributed by atoms with Gasteiger partial charge in [-0.2, -0.15) is 0 Å². The van der Waals surface area contributed by atoms with E-state index in [1.807, 2.05) is 0 Å². The number of aromatic nitrogens is 1. The molecule has 1 aromatic carbocycles. The quantitative estimate of drug-likeness (QED) is 0.652. The van der Waals surface area contributed by atoms with E-state index in [9.17, 15) is 19.7 Å². The molecule has 7 nitrogen and oxygen atoms in total. The van der Waals surface area contributed by atoms with Crippen molar-refractivity contribution < 1.29 is 9.72 Å². The highest BCUT2D eigenvalue weighted by Crippen LogP contribution is 2.20. The molecule has 0 bridgehead atoms. The van der Waals surface area contributed by atoms with Crippen molar-refractivity contribution in [3.63, 3.8) is 0 Å². The van der Waals surface area contributed by atoms with Crippen molar-refractivity contribution in [1.82, 2.24) is 4.57 Å². The van der Waals surface area contributed by atoms with Crippen LogP contribution in [0.1, 0.15) is 18.7 Å². The first-order chi connectivity index (χ1) is 10.8. The third-order valence-electron chi connectivity index (χ3n) is 3.43. The lowest BCUT2D eigenvalue weighted by molar-refractivity contribution is -0.386. The van der Waals surface area contributed by atoms with E-state index < -0.39 is 22.4 Å². The molecule has 8 heteroatoms. The maximum absolute atomic E-state index is 12.3. The summed E-state index contributed by atoms with van der Waals surface area (Å²) in [5.74, 6) is -0.432. The van der Waals surface area contributed by atoms with Gasteiger partial charge in [-0.15, -0.1) is 0 Å². The van der Waals surface area contributed by atoms with Gasteiger partial charge in [0.15, 0.2) is 0 Å². The molecule has 1 unspecified atom stereocenters. The van der Waals surface area contributed by atoms with E-state index in [0.29, 0.717) is 5.69 Å². The number of amides is 1. The minimum atomic E-state index is -0.883. The van der Waals surface area contributed by atoms with Crippen molar-refractivity contribution in [3.8, 4) is 0 Å². The number of carbonyl (C=O) groups excluding carboxylic acids is 1. The highest BCUT2D eigenvalue weighted by molar-refractivity contribution is 9.10. The van der Waals surface area contributed by atoms with Crippen LogP contribution in [0.4, 0.5) is 11.4 Å². The second-order valence-corrected chi connectivity index (χ2v) is 5.86. The summed E-state index contributed by atoms with van der Waals surface area (Å²) in [6, 6.07) is 8.30. The summed E-state index contributed by atoms with van der Waals surface area (Å²) in [4.78, 5) is 34.8. The number of nitrogens with one attached hydrogen (secondary N) is 1. The lowest BCUT2D eigenvalue weighted by Gasteiger charge is -2.17. The van der Waals surface area contributed by atoms with Crippen LogP contribution in [0, 0.1) is 17.0 Å². The molecule has 0 radical (unpaired) electrons. The first kappa shape index (κ1) is 16.9. The summed E-state index contributed by atoms with van der Waals surface area (Å²) in [5, 5.41) is 13.7. The summed E-state index contributed by atoms with van der Waals surface area (Å²) >= 11 is 3.30. The highest BCUT2D eigenvalue weighted by Gasteiger charge is 2.23. The van der Waals surface area contributed by atoms with Gasteiger partial charge in [-0.05, 0) is 38.1 Å². The Morgan fingerprint density at radius 2 is 1.87 bits per heavy atom. The van der Waals surface area contributed by atoms with Crippen LogP contribution in [0.3, 0.4) is 0 Å². The number of carbonyl (C=O) groups is 1. The lowest BCUT2D eigenvalue weighted by atomic mass is 10.2. The largest absolute Gasteiger partial charge is 0.324 e. The molecule has 0 aliphatic carbocycles. The van der Waals surface area contributed by atoms with Gasteiger partial charge >= 0.3 is 0 Å². The third-order valence-corrected chi connectivity index (χ3v) is 3.96. The topological polar surface area (TPSA) is 94.2 Å². The molecule has 1 heterocycles. The van der Waals surface area contributed by atoms with Gasteiger partial charge in [0.1, 0.15) is 6.04 Å². The van der Waals surface area contributed by atoms with Crippen LogP contribution in [0.15, 0.2) is 45.7 Å². The van der Waals surface area contributed by atoms with Crippen LogP contribution in [0.25, 0.3) is 0 Å². The van der Waals surface area contributed by atoms with Crippen molar-refractivity contribution in [1.29, 1.82) is 0 Å². The van der Waals surface area contributed by atoms with Crippen molar-refractivity contribution >= 4 is 33.2 Å². The average molecular weight is 380 g/mol. The smallest absolute Gasteiger partial charge is 0.288 e. The molecule has 0 fully saturated rings. The zero-order valence-electron chi connectivity index (χ0n) is 12.4. The summed E-state index contributed by atoms with van der Waals surface area (Å²) in [7, 11) is 0. The Morgan fingerprint density at radius 3 is 2.43 bits per heavy atom. The summed E-state index contributed by atoms with van der Waals surface area (Å²) in [6.07, 6.45) is 0. The van der Waals surface area contributed by atoms with E-state index in [0.717, 1.165) is 21.2 Å². The van der Waals surface area contributed by atoms with Crippen LogP contribution < -0.4 is 10.9 Å². The van der Waals surface area contributed by atoms with E-state index in [-0.39, 0.29) is 11.4 Å². The van der Waals surface area contributed by atoms with Gasteiger partial charge in [0.05, 0.1) is 10.6 Å². The Bertz CT molecular complexity index is 814. The zero-order chi connectivity index (χ0) is 17.1. The van der Waals surface area contributed by atoms with Crippen LogP contribution >= 0.6 is 15.9 Å².